The number of rotatable bonds is 11. The van der Waals surface area contributed by atoms with E-state index >= 15 is 0 Å². The summed E-state index contributed by atoms with van der Waals surface area (Å²) in [7, 11) is 0. The highest BCUT2D eigenvalue weighted by Gasteiger charge is 2.42. The lowest BCUT2D eigenvalue weighted by Gasteiger charge is -2.26. The molecule has 1 aliphatic rings. The Hall–Kier alpha value is -3.44. The molecule has 0 radical (unpaired) electrons. The van der Waals surface area contributed by atoms with Gasteiger partial charge in [-0.05, 0) is 29.7 Å². The normalized spacial score (nSPS) is 13.8. The van der Waals surface area contributed by atoms with Crippen LogP contribution in [0.4, 0.5) is 0 Å². The molecule has 0 N–H and O–H groups in total. The standard InChI is InChI=1S/C28H29NO4/c1-2-3-10-18-33-25-17-11-16-23-26(25)28(31)29(27(23)30)24(22-14-8-5-9-15-22)20-32-19-21-12-6-4-7-13-21/h4-9,11-17,24H,2-3,10,18-20H2,1H3/t24-/m1/s1. The van der Waals surface area contributed by atoms with E-state index in [0.717, 1.165) is 30.4 Å². The lowest BCUT2D eigenvalue weighted by molar-refractivity contribution is 0.0358. The van der Waals surface area contributed by atoms with Crippen LogP contribution in [-0.4, -0.2) is 29.9 Å². The van der Waals surface area contributed by atoms with Crippen molar-refractivity contribution >= 4 is 11.8 Å². The molecule has 4 rings (SSSR count). The van der Waals surface area contributed by atoms with Crippen molar-refractivity contribution in [2.45, 2.75) is 38.8 Å². The average Bonchev–Trinajstić information content (AvgIpc) is 3.11. The first-order valence-electron chi connectivity index (χ1n) is 11.5. The molecule has 0 aliphatic carbocycles. The van der Waals surface area contributed by atoms with Crippen LogP contribution in [0.3, 0.4) is 0 Å². The first-order valence-corrected chi connectivity index (χ1v) is 11.5. The maximum absolute atomic E-state index is 13.5. The summed E-state index contributed by atoms with van der Waals surface area (Å²) in [6.07, 6.45) is 3.05. The van der Waals surface area contributed by atoms with E-state index in [0.29, 0.717) is 30.1 Å². The number of fused-ring (bicyclic) bond motifs is 1. The third-order valence-electron chi connectivity index (χ3n) is 5.80. The van der Waals surface area contributed by atoms with Crippen molar-refractivity contribution in [3.05, 3.63) is 101 Å². The molecule has 0 saturated carbocycles. The van der Waals surface area contributed by atoms with Crippen LogP contribution in [0.25, 0.3) is 0 Å². The molecule has 5 nitrogen and oxygen atoms in total. The van der Waals surface area contributed by atoms with E-state index in [9.17, 15) is 9.59 Å². The van der Waals surface area contributed by atoms with Crippen molar-refractivity contribution in [2.24, 2.45) is 0 Å². The maximum Gasteiger partial charge on any atom is 0.265 e. The van der Waals surface area contributed by atoms with Gasteiger partial charge in [-0.3, -0.25) is 14.5 Å². The van der Waals surface area contributed by atoms with Crippen LogP contribution in [0, 0.1) is 0 Å². The van der Waals surface area contributed by atoms with Gasteiger partial charge < -0.3 is 9.47 Å². The van der Waals surface area contributed by atoms with Gasteiger partial charge in [0.25, 0.3) is 11.8 Å². The van der Waals surface area contributed by atoms with Gasteiger partial charge in [-0.2, -0.15) is 0 Å². The summed E-state index contributed by atoms with van der Waals surface area (Å²) in [4.78, 5) is 28.2. The highest BCUT2D eigenvalue weighted by molar-refractivity contribution is 6.22. The Balaban J connectivity index is 1.57. The Morgan fingerprint density at radius 1 is 0.818 bits per heavy atom. The predicted octanol–water partition coefficient (Wildman–Crippen LogP) is 5.81. The van der Waals surface area contributed by atoms with Crippen LogP contribution < -0.4 is 4.74 Å². The second kappa shape index (κ2) is 10.9. The highest BCUT2D eigenvalue weighted by Crippen LogP contribution is 2.36. The number of carbonyl (C=O) groups is 2. The summed E-state index contributed by atoms with van der Waals surface area (Å²) in [6.45, 7) is 3.26. The molecule has 2 amide bonds. The van der Waals surface area contributed by atoms with Crippen molar-refractivity contribution in [3.63, 3.8) is 0 Å². The second-order valence-corrected chi connectivity index (χ2v) is 8.14. The molecule has 0 fully saturated rings. The van der Waals surface area contributed by atoms with Gasteiger partial charge in [-0.15, -0.1) is 0 Å². The number of imide groups is 1. The lowest BCUT2D eigenvalue weighted by atomic mass is 10.1. The van der Waals surface area contributed by atoms with Gasteiger partial charge in [0.1, 0.15) is 5.75 Å². The molecule has 0 aromatic heterocycles. The number of hydrogen-bond donors (Lipinski definition) is 0. The number of unbranched alkanes of at least 4 members (excludes halogenated alkanes) is 2. The van der Waals surface area contributed by atoms with Crippen molar-refractivity contribution in [1.29, 1.82) is 0 Å². The van der Waals surface area contributed by atoms with E-state index in [-0.39, 0.29) is 18.4 Å². The van der Waals surface area contributed by atoms with Crippen molar-refractivity contribution < 1.29 is 19.1 Å². The molecule has 33 heavy (non-hydrogen) atoms. The van der Waals surface area contributed by atoms with E-state index in [1.807, 2.05) is 60.7 Å². The van der Waals surface area contributed by atoms with Gasteiger partial charge in [-0.1, -0.05) is 86.5 Å². The minimum atomic E-state index is -0.532. The largest absolute Gasteiger partial charge is 0.493 e. The minimum absolute atomic E-state index is 0.205. The number of ether oxygens (including phenoxy) is 2. The Morgan fingerprint density at radius 3 is 2.27 bits per heavy atom. The summed E-state index contributed by atoms with van der Waals surface area (Å²) in [5.74, 6) is -0.175. The molecule has 0 unspecified atom stereocenters. The Labute approximate surface area is 194 Å². The summed E-state index contributed by atoms with van der Waals surface area (Å²) in [5.41, 5.74) is 2.62. The Kier molecular flexibility index (Phi) is 7.53. The van der Waals surface area contributed by atoms with Gasteiger partial charge in [0.05, 0.1) is 37.0 Å². The highest BCUT2D eigenvalue weighted by atomic mass is 16.5. The molecule has 0 bridgehead atoms. The fourth-order valence-corrected chi connectivity index (χ4v) is 4.07. The van der Waals surface area contributed by atoms with Crippen LogP contribution >= 0.6 is 0 Å². The summed E-state index contributed by atoms with van der Waals surface area (Å²) in [5, 5.41) is 0. The zero-order chi connectivity index (χ0) is 23.0. The first kappa shape index (κ1) is 22.7. The minimum Gasteiger partial charge on any atom is -0.493 e. The zero-order valence-corrected chi connectivity index (χ0v) is 18.9. The zero-order valence-electron chi connectivity index (χ0n) is 18.9. The van der Waals surface area contributed by atoms with Gasteiger partial charge in [0.15, 0.2) is 0 Å². The fraction of sp³-hybridized carbons (Fsp3) is 0.286. The van der Waals surface area contributed by atoms with E-state index in [1.54, 1.807) is 18.2 Å². The number of hydrogen-bond acceptors (Lipinski definition) is 4. The van der Waals surface area contributed by atoms with Gasteiger partial charge >= 0.3 is 0 Å². The number of carbonyl (C=O) groups excluding carboxylic acids is 2. The monoisotopic (exact) mass is 443 g/mol. The topological polar surface area (TPSA) is 55.8 Å². The number of amides is 2. The summed E-state index contributed by atoms with van der Waals surface area (Å²) < 4.78 is 11.9. The van der Waals surface area contributed by atoms with E-state index in [1.165, 1.54) is 4.90 Å². The van der Waals surface area contributed by atoms with Crippen molar-refractivity contribution in [1.82, 2.24) is 4.90 Å². The molecule has 1 aliphatic heterocycles. The Morgan fingerprint density at radius 2 is 1.55 bits per heavy atom. The molecule has 3 aromatic rings. The SMILES string of the molecule is CCCCCOc1cccc2c1C(=O)N([C@H](COCc1ccccc1)c1ccccc1)C2=O. The second-order valence-electron chi connectivity index (χ2n) is 8.14. The molecular weight excluding hydrogens is 414 g/mol. The van der Waals surface area contributed by atoms with Gasteiger partial charge in [0, 0.05) is 0 Å². The molecule has 0 spiro atoms. The van der Waals surface area contributed by atoms with Gasteiger partial charge in [-0.25, -0.2) is 0 Å². The predicted molar refractivity (Wildman–Crippen MR) is 127 cm³/mol. The molecule has 5 heteroatoms. The molecule has 1 atom stereocenters. The number of nitrogens with zero attached hydrogens (tertiary/aromatic N) is 1. The third-order valence-corrected chi connectivity index (χ3v) is 5.80. The quantitative estimate of drug-likeness (QED) is 0.277. The average molecular weight is 444 g/mol. The molecule has 0 saturated heterocycles. The maximum atomic E-state index is 13.5. The third kappa shape index (κ3) is 5.15. The van der Waals surface area contributed by atoms with E-state index in [2.05, 4.69) is 6.92 Å². The first-order chi connectivity index (χ1) is 16.2. The van der Waals surface area contributed by atoms with Crippen LogP contribution in [0.1, 0.15) is 64.1 Å². The molecule has 3 aromatic carbocycles. The van der Waals surface area contributed by atoms with Crippen LogP contribution in [0.5, 0.6) is 5.75 Å². The van der Waals surface area contributed by atoms with Gasteiger partial charge in [0.2, 0.25) is 0 Å². The van der Waals surface area contributed by atoms with Crippen molar-refractivity contribution in [2.75, 3.05) is 13.2 Å². The molecule has 1 heterocycles. The molecule has 170 valence electrons. The summed E-state index contributed by atoms with van der Waals surface area (Å²) >= 11 is 0. The van der Waals surface area contributed by atoms with E-state index < -0.39 is 6.04 Å². The van der Waals surface area contributed by atoms with Crippen LogP contribution in [0.15, 0.2) is 78.9 Å². The summed E-state index contributed by atoms with van der Waals surface area (Å²) in [6, 6.07) is 24.1. The lowest BCUT2D eigenvalue weighted by Crippen LogP contribution is -2.36. The van der Waals surface area contributed by atoms with E-state index in [4.69, 9.17) is 9.47 Å². The Bertz CT molecular complexity index is 1080. The van der Waals surface area contributed by atoms with Crippen LogP contribution in [0.2, 0.25) is 0 Å². The smallest absolute Gasteiger partial charge is 0.265 e. The fourth-order valence-electron chi connectivity index (χ4n) is 4.07. The van der Waals surface area contributed by atoms with Crippen LogP contribution in [-0.2, 0) is 11.3 Å². The number of benzene rings is 3. The van der Waals surface area contributed by atoms with Crippen molar-refractivity contribution in [3.8, 4) is 5.75 Å². The molecular formula is C28H29NO4.